The fourth-order valence-electron chi connectivity index (χ4n) is 2.30. The molecule has 0 unspecified atom stereocenters. The lowest BCUT2D eigenvalue weighted by molar-refractivity contribution is -0.129. The second-order valence-electron chi connectivity index (χ2n) is 5.00. The van der Waals surface area contributed by atoms with Gasteiger partial charge >= 0.3 is 0 Å². The minimum atomic E-state index is -0.366. The first-order valence-corrected chi connectivity index (χ1v) is 6.27. The Kier molecular flexibility index (Phi) is 3.57. The van der Waals surface area contributed by atoms with Crippen molar-refractivity contribution in [1.29, 1.82) is 0 Å². The van der Waals surface area contributed by atoms with Crippen LogP contribution < -0.4 is 15.8 Å². The number of rotatable bonds is 4. The highest BCUT2D eigenvalue weighted by Crippen LogP contribution is 2.41. The van der Waals surface area contributed by atoms with E-state index < -0.39 is 0 Å². The van der Waals surface area contributed by atoms with Gasteiger partial charge in [0.1, 0.15) is 5.75 Å². The minimum Gasteiger partial charge on any atom is -0.495 e. The van der Waals surface area contributed by atoms with Crippen LogP contribution in [0.3, 0.4) is 0 Å². The SMILES string of the molecule is COc1ccc(C)cc1NC(=O)C1(CN)CCC1. The van der Waals surface area contributed by atoms with E-state index >= 15 is 0 Å². The number of amides is 1. The van der Waals surface area contributed by atoms with Crippen LogP contribution in [-0.2, 0) is 4.79 Å². The molecule has 0 heterocycles. The monoisotopic (exact) mass is 248 g/mol. The van der Waals surface area contributed by atoms with Crippen LogP contribution in [0.4, 0.5) is 5.69 Å². The number of carbonyl (C=O) groups is 1. The van der Waals surface area contributed by atoms with Gasteiger partial charge in [-0.05, 0) is 37.5 Å². The predicted molar refractivity (Wildman–Crippen MR) is 71.7 cm³/mol. The van der Waals surface area contributed by atoms with Crippen molar-refractivity contribution in [3.05, 3.63) is 23.8 Å². The van der Waals surface area contributed by atoms with E-state index in [1.54, 1.807) is 7.11 Å². The van der Waals surface area contributed by atoms with Gasteiger partial charge in [0.2, 0.25) is 5.91 Å². The number of carbonyl (C=O) groups excluding carboxylic acids is 1. The van der Waals surface area contributed by atoms with Crippen molar-refractivity contribution in [1.82, 2.24) is 0 Å². The number of aryl methyl sites for hydroxylation is 1. The van der Waals surface area contributed by atoms with E-state index in [1.165, 1.54) is 0 Å². The molecule has 1 aromatic rings. The number of hydrogen-bond donors (Lipinski definition) is 2. The average Bonchev–Trinajstić information content (AvgIpc) is 2.28. The number of hydrogen-bond acceptors (Lipinski definition) is 3. The summed E-state index contributed by atoms with van der Waals surface area (Å²) in [6.45, 7) is 2.39. The van der Waals surface area contributed by atoms with Gasteiger partial charge in [0.25, 0.3) is 0 Å². The zero-order valence-electron chi connectivity index (χ0n) is 11.0. The van der Waals surface area contributed by atoms with Crippen molar-refractivity contribution in [3.63, 3.8) is 0 Å². The Morgan fingerprint density at radius 1 is 1.50 bits per heavy atom. The molecular weight excluding hydrogens is 228 g/mol. The Hall–Kier alpha value is -1.55. The molecule has 3 N–H and O–H groups in total. The molecule has 18 heavy (non-hydrogen) atoms. The summed E-state index contributed by atoms with van der Waals surface area (Å²) in [6.07, 6.45) is 2.84. The molecular formula is C14H20N2O2. The van der Waals surface area contributed by atoms with E-state index in [4.69, 9.17) is 10.5 Å². The Morgan fingerprint density at radius 2 is 2.22 bits per heavy atom. The van der Waals surface area contributed by atoms with Crippen LogP contribution in [0.25, 0.3) is 0 Å². The van der Waals surface area contributed by atoms with E-state index in [1.807, 2.05) is 25.1 Å². The Labute approximate surface area is 108 Å². The predicted octanol–water partition coefficient (Wildman–Crippen LogP) is 2.07. The summed E-state index contributed by atoms with van der Waals surface area (Å²) in [6, 6.07) is 5.73. The van der Waals surface area contributed by atoms with Gasteiger partial charge in [-0.3, -0.25) is 4.79 Å². The molecule has 1 fully saturated rings. The summed E-state index contributed by atoms with van der Waals surface area (Å²) in [5.74, 6) is 0.695. The molecule has 0 saturated heterocycles. The largest absolute Gasteiger partial charge is 0.495 e. The van der Waals surface area contributed by atoms with Gasteiger partial charge in [-0.25, -0.2) is 0 Å². The Bertz CT molecular complexity index is 448. The lowest BCUT2D eigenvalue weighted by Crippen LogP contribution is -2.47. The first-order chi connectivity index (χ1) is 8.61. The summed E-state index contributed by atoms with van der Waals surface area (Å²) in [5.41, 5.74) is 7.17. The summed E-state index contributed by atoms with van der Waals surface area (Å²) in [4.78, 5) is 12.3. The third kappa shape index (κ3) is 2.20. The zero-order valence-corrected chi connectivity index (χ0v) is 11.0. The van der Waals surface area contributed by atoms with Crippen molar-refractivity contribution in [2.24, 2.45) is 11.1 Å². The molecule has 0 aromatic heterocycles. The molecule has 2 rings (SSSR count). The first-order valence-electron chi connectivity index (χ1n) is 6.27. The van der Waals surface area contributed by atoms with Crippen LogP contribution >= 0.6 is 0 Å². The molecule has 0 radical (unpaired) electrons. The summed E-state index contributed by atoms with van der Waals surface area (Å²) in [7, 11) is 1.60. The number of ether oxygens (including phenoxy) is 1. The van der Waals surface area contributed by atoms with Gasteiger partial charge in [0.05, 0.1) is 18.2 Å². The van der Waals surface area contributed by atoms with Gasteiger partial charge in [-0.2, -0.15) is 0 Å². The third-order valence-electron chi connectivity index (χ3n) is 3.79. The second-order valence-corrected chi connectivity index (χ2v) is 5.00. The van der Waals surface area contributed by atoms with Crippen LogP contribution in [0.5, 0.6) is 5.75 Å². The molecule has 0 atom stereocenters. The Morgan fingerprint density at radius 3 is 2.72 bits per heavy atom. The minimum absolute atomic E-state index is 0.0140. The zero-order chi connectivity index (χ0) is 13.2. The highest BCUT2D eigenvalue weighted by molar-refractivity contribution is 5.97. The van der Waals surface area contributed by atoms with Crippen molar-refractivity contribution >= 4 is 11.6 Å². The maximum absolute atomic E-state index is 12.3. The van der Waals surface area contributed by atoms with Gasteiger partial charge in [0, 0.05) is 6.54 Å². The number of anilines is 1. The smallest absolute Gasteiger partial charge is 0.231 e. The fraction of sp³-hybridized carbons (Fsp3) is 0.500. The van der Waals surface area contributed by atoms with Crippen molar-refractivity contribution in [3.8, 4) is 5.75 Å². The van der Waals surface area contributed by atoms with Crippen LogP contribution in [0.1, 0.15) is 24.8 Å². The standard InChI is InChI=1S/C14H20N2O2/c1-10-4-5-12(18-2)11(8-10)16-13(17)14(9-15)6-3-7-14/h4-5,8H,3,6-7,9,15H2,1-2H3,(H,16,17). The van der Waals surface area contributed by atoms with Gasteiger partial charge in [-0.15, -0.1) is 0 Å². The molecule has 1 saturated carbocycles. The summed E-state index contributed by atoms with van der Waals surface area (Å²) < 4.78 is 5.25. The van der Waals surface area contributed by atoms with Crippen LogP contribution in [0.2, 0.25) is 0 Å². The number of methoxy groups -OCH3 is 1. The molecule has 1 amide bonds. The molecule has 0 aliphatic heterocycles. The lowest BCUT2D eigenvalue weighted by atomic mass is 9.68. The number of nitrogens with two attached hydrogens (primary N) is 1. The molecule has 4 nitrogen and oxygen atoms in total. The van der Waals surface area contributed by atoms with Crippen LogP contribution in [0.15, 0.2) is 18.2 Å². The maximum Gasteiger partial charge on any atom is 0.231 e. The van der Waals surface area contributed by atoms with Gasteiger partial charge in [0.15, 0.2) is 0 Å². The number of nitrogens with one attached hydrogen (secondary N) is 1. The molecule has 0 spiro atoms. The highest BCUT2D eigenvalue weighted by atomic mass is 16.5. The lowest BCUT2D eigenvalue weighted by Gasteiger charge is -2.39. The normalized spacial score (nSPS) is 16.8. The van der Waals surface area contributed by atoms with E-state index in [9.17, 15) is 4.79 Å². The highest BCUT2D eigenvalue weighted by Gasteiger charge is 2.42. The average molecular weight is 248 g/mol. The fourth-order valence-corrected chi connectivity index (χ4v) is 2.30. The second kappa shape index (κ2) is 4.98. The molecule has 0 bridgehead atoms. The van der Waals surface area contributed by atoms with E-state index in [2.05, 4.69) is 5.32 Å². The molecule has 1 aliphatic carbocycles. The van der Waals surface area contributed by atoms with E-state index in [0.717, 1.165) is 30.5 Å². The van der Waals surface area contributed by atoms with Crippen molar-refractivity contribution < 1.29 is 9.53 Å². The molecule has 1 aromatic carbocycles. The van der Waals surface area contributed by atoms with Crippen LogP contribution in [-0.4, -0.2) is 19.6 Å². The van der Waals surface area contributed by atoms with Gasteiger partial charge in [-0.1, -0.05) is 12.5 Å². The summed E-state index contributed by atoms with van der Waals surface area (Å²) >= 11 is 0. The topological polar surface area (TPSA) is 64.3 Å². The molecule has 98 valence electrons. The molecule has 1 aliphatic rings. The quantitative estimate of drug-likeness (QED) is 0.857. The van der Waals surface area contributed by atoms with E-state index in [-0.39, 0.29) is 11.3 Å². The maximum atomic E-state index is 12.3. The molecule has 4 heteroatoms. The first kappa shape index (κ1) is 12.9. The summed E-state index contributed by atoms with van der Waals surface area (Å²) in [5, 5.41) is 2.95. The van der Waals surface area contributed by atoms with Gasteiger partial charge < -0.3 is 15.8 Å². The number of benzene rings is 1. The third-order valence-corrected chi connectivity index (χ3v) is 3.79. The van der Waals surface area contributed by atoms with Crippen molar-refractivity contribution in [2.45, 2.75) is 26.2 Å². The van der Waals surface area contributed by atoms with E-state index in [0.29, 0.717) is 12.3 Å². The van der Waals surface area contributed by atoms with Crippen molar-refractivity contribution in [2.75, 3.05) is 19.0 Å². The Balaban J connectivity index is 2.18. The van der Waals surface area contributed by atoms with Crippen LogP contribution in [0, 0.1) is 12.3 Å².